The quantitative estimate of drug-likeness (QED) is 0.696. The standard InChI is InChI=1S/C7H13ClO4S/c1-12-5-6(9)4-7(2-3-7)13(8,10)11/h6,9H,2-5H2,1H3/t6-/m1/s1. The Balaban J connectivity index is 2.54. The predicted molar refractivity (Wildman–Crippen MR) is 49.2 cm³/mol. The normalized spacial score (nSPS) is 22.7. The number of ether oxygens (including phenoxy) is 1. The molecule has 0 heterocycles. The summed E-state index contributed by atoms with van der Waals surface area (Å²) in [6.45, 7) is 0.147. The van der Waals surface area contributed by atoms with E-state index in [4.69, 9.17) is 15.4 Å². The van der Waals surface area contributed by atoms with Crippen molar-refractivity contribution >= 4 is 19.7 Å². The van der Waals surface area contributed by atoms with Crippen LogP contribution in [0.4, 0.5) is 0 Å². The van der Waals surface area contributed by atoms with Gasteiger partial charge in [-0.05, 0) is 19.3 Å². The Bertz CT molecular complexity index is 270. The van der Waals surface area contributed by atoms with Crippen LogP contribution in [0.3, 0.4) is 0 Å². The second-order valence-corrected chi connectivity index (χ2v) is 6.39. The van der Waals surface area contributed by atoms with Crippen molar-refractivity contribution in [2.75, 3.05) is 13.7 Å². The number of methoxy groups -OCH3 is 1. The maximum absolute atomic E-state index is 11.1. The van der Waals surface area contributed by atoms with Crippen LogP contribution >= 0.6 is 10.7 Å². The lowest BCUT2D eigenvalue weighted by molar-refractivity contribution is 0.0575. The van der Waals surface area contributed by atoms with Crippen LogP contribution in [0.15, 0.2) is 0 Å². The molecule has 13 heavy (non-hydrogen) atoms. The molecule has 0 radical (unpaired) electrons. The van der Waals surface area contributed by atoms with Crippen molar-refractivity contribution in [3.8, 4) is 0 Å². The number of hydrogen-bond donors (Lipinski definition) is 1. The average Bonchev–Trinajstić information content (AvgIpc) is 2.67. The van der Waals surface area contributed by atoms with Crippen LogP contribution in [0.25, 0.3) is 0 Å². The largest absolute Gasteiger partial charge is 0.391 e. The Morgan fingerprint density at radius 2 is 2.15 bits per heavy atom. The maximum Gasteiger partial charge on any atom is 0.238 e. The Labute approximate surface area is 82.3 Å². The van der Waals surface area contributed by atoms with E-state index >= 15 is 0 Å². The summed E-state index contributed by atoms with van der Waals surface area (Å²) in [6.07, 6.45) is 0.507. The van der Waals surface area contributed by atoms with Gasteiger partial charge in [-0.3, -0.25) is 0 Å². The Morgan fingerprint density at radius 1 is 1.62 bits per heavy atom. The molecule has 0 aromatic heterocycles. The fourth-order valence-corrected chi connectivity index (χ4v) is 3.00. The highest BCUT2D eigenvalue weighted by molar-refractivity contribution is 8.15. The van der Waals surface area contributed by atoms with Gasteiger partial charge in [0.05, 0.1) is 17.5 Å². The van der Waals surface area contributed by atoms with Crippen LogP contribution in [-0.2, 0) is 13.8 Å². The zero-order valence-electron chi connectivity index (χ0n) is 7.36. The van der Waals surface area contributed by atoms with E-state index in [0.717, 1.165) is 0 Å². The molecule has 1 rings (SSSR count). The Morgan fingerprint density at radius 3 is 2.46 bits per heavy atom. The Hall–Kier alpha value is 0.160. The molecular weight excluding hydrogens is 216 g/mol. The van der Waals surface area contributed by atoms with Crippen molar-refractivity contribution in [3.05, 3.63) is 0 Å². The van der Waals surface area contributed by atoms with Gasteiger partial charge in [0.1, 0.15) is 0 Å². The van der Waals surface area contributed by atoms with Gasteiger partial charge in [-0.15, -0.1) is 0 Å². The van der Waals surface area contributed by atoms with E-state index in [-0.39, 0.29) is 13.0 Å². The van der Waals surface area contributed by atoms with Gasteiger partial charge in [0.15, 0.2) is 0 Å². The number of rotatable bonds is 5. The van der Waals surface area contributed by atoms with E-state index in [0.29, 0.717) is 12.8 Å². The molecule has 0 spiro atoms. The molecule has 1 N–H and O–H groups in total. The topological polar surface area (TPSA) is 63.6 Å². The van der Waals surface area contributed by atoms with Crippen LogP contribution in [0, 0.1) is 0 Å². The van der Waals surface area contributed by atoms with Crippen molar-refractivity contribution in [2.24, 2.45) is 0 Å². The molecule has 1 atom stereocenters. The van der Waals surface area contributed by atoms with E-state index in [1.165, 1.54) is 7.11 Å². The van der Waals surface area contributed by atoms with Crippen molar-refractivity contribution in [1.29, 1.82) is 0 Å². The molecule has 1 fully saturated rings. The molecule has 6 heteroatoms. The highest BCUT2D eigenvalue weighted by atomic mass is 35.7. The van der Waals surface area contributed by atoms with Crippen LogP contribution < -0.4 is 0 Å². The molecule has 1 aliphatic carbocycles. The molecular formula is C7H13ClO4S. The van der Waals surface area contributed by atoms with Crippen molar-refractivity contribution in [1.82, 2.24) is 0 Å². The maximum atomic E-state index is 11.1. The SMILES string of the molecule is COC[C@H](O)CC1(S(=O)(=O)Cl)CC1. The van der Waals surface area contributed by atoms with Crippen molar-refractivity contribution in [3.63, 3.8) is 0 Å². The van der Waals surface area contributed by atoms with Gasteiger partial charge in [0.2, 0.25) is 9.05 Å². The van der Waals surface area contributed by atoms with E-state index in [9.17, 15) is 13.5 Å². The third kappa shape index (κ3) is 2.56. The molecule has 4 nitrogen and oxygen atoms in total. The molecule has 1 saturated carbocycles. The number of aliphatic hydroxyl groups is 1. The van der Waals surface area contributed by atoms with E-state index in [2.05, 4.69) is 0 Å². The minimum atomic E-state index is -3.55. The summed E-state index contributed by atoms with van der Waals surface area (Å²) < 4.78 is 26.0. The van der Waals surface area contributed by atoms with E-state index in [1.54, 1.807) is 0 Å². The molecule has 0 amide bonds. The summed E-state index contributed by atoms with van der Waals surface area (Å²) in [6, 6.07) is 0. The smallest absolute Gasteiger partial charge is 0.238 e. The van der Waals surface area contributed by atoms with Crippen LogP contribution in [-0.4, -0.2) is 38.1 Å². The lowest BCUT2D eigenvalue weighted by Gasteiger charge is -2.15. The predicted octanol–water partition coefficient (Wildman–Crippen LogP) is 0.485. The number of halogens is 1. The fraction of sp³-hybridized carbons (Fsp3) is 1.00. The first kappa shape index (κ1) is 11.2. The molecule has 1 aliphatic rings. The Kier molecular flexibility index (Phi) is 3.22. The van der Waals surface area contributed by atoms with Gasteiger partial charge in [-0.1, -0.05) is 0 Å². The van der Waals surface area contributed by atoms with E-state index < -0.39 is 19.9 Å². The second-order valence-electron chi connectivity index (χ2n) is 3.43. The summed E-state index contributed by atoms with van der Waals surface area (Å²) in [4.78, 5) is 0. The third-order valence-electron chi connectivity index (χ3n) is 2.29. The lowest BCUT2D eigenvalue weighted by atomic mass is 10.2. The first-order valence-electron chi connectivity index (χ1n) is 4.02. The van der Waals surface area contributed by atoms with Gasteiger partial charge >= 0.3 is 0 Å². The van der Waals surface area contributed by atoms with Gasteiger partial charge in [-0.2, -0.15) is 0 Å². The van der Waals surface area contributed by atoms with Gasteiger partial charge in [0.25, 0.3) is 0 Å². The summed E-state index contributed by atoms with van der Waals surface area (Å²) in [5.41, 5.74) is 0. The summed E-state index contributed by atoms with van der Waals surface area (Å²) >= 11 is 0. The van der Waals surface area contributed by atoms with Gasteiger partial charge < -0.3 is 9.84 Å². The first-order valence-corrected chi connectivity index (χ1v) is 6.33. The highest BCUT2D eigenvalue weighted by Crippen LogP contribution is 2.49. The summed E-state index contributed by atoms with van der Waals surface area (Å²) in [7, 11) is 3.16. The monoisotopic (exact) mass is 228 g/mol. The number of aliphatic hydroxyl groups excluding tert-OH is 1. The average molecular weight is 229 g/mol. The third-order valence-corrected chi connectivity index (χ3v) is 4.88. The van der Waals surface area contributed by atoms with Crippen LogP contribution in [0.5, 0.6) is 0 Å². The zero-order chi connectivity index (χ0) is 10.1. The van der Waals surface area contributed by atoms with Crippen LogP contribution in [0.1, 0.15) is 19.3 Å². The number of hydrogen-bond acceptors (Lipinski definition) is 4. The van der Waals surface area contributed by atoms with E-state index in [1.807, 2.05) is 0 Å². The van der Waals surface area contributed by atoms with Crippen LogP contribution in [0.2, 0.25) is 0 Å². The molecule has 0 bridgehead atoms. The molecule has 0 aliphatic heterocycles. The minimum absolute atomic E-state index is 0.147. The van der Waals surface area contributed by atoms with Crippen molar-refractivity contribution < 1.29 is 18.3 Å². The minimum Gasteiger partial charge on any atom is -0.391 e. The second kappa shape index (κ2) is 3.73. The molecule has 0 saturated heterocycles. The van der Waals surface area contributed by atoms with Crippen molar-refractivity contribution in [2.45, 2.75) is 30.1 Å². The fourth-order valence-electron chi connectivity index (χ4n) is 1.37. The molecule has 0 aromatic rings. The molecule has 0 unspecified atom stereocenters. The summed E-state index contributed by atoms with van der Waals surface area (Å²) in [5.74, 6) is 0. The summed E-state index contributed by atoms with van der Waals surface area (Å²) in [5, 5.41) is 9.34. The van der Waals surface area contributed by atoms with Gasteiger partial charge in [0, 0.05) is 17.8 Å². The molecule has 0 aromatic carbocycles. The lowest BCUT2D eigenvalue weighted by Crippen LogP contribution is -2.27. The zero-order valence-corrected chi connectivity index (χ0v) is 8.94. The molecule has 78 valence electrons. The first-order chi connectivity index (χ1) is 5.91. The van der Waals surface area contributed by atoms with Gasteiger partial charge in [-0.25, -0.2) is 8.42 Å². The highest BCUT2D eigenvalue weighted by Gasteiger charge is 2.54.